The van der Waals surface area contributed by atoms with Crippen LogP contribution in [0.25, 0.3) is 21.9 Å². The standard InChI is InChI=1S/C24H27ClO2/c1-15-14-20-19(8-7-9-21(20)26-6)23(17-10-12-18(25)13-11-17)22(15)16(2)27-24(3,4)5/h7-14,16H,1-6H3/t16-/m1/s1. The van der Waals surface area contributed by atoms with Crippen LogP contribution in [0.4, 0.5) is 0 Å². The molecule has 0 bridgehead atoms. The van der Waals surface area contributed by atoms with Gasteiger partial charge in [0.15, 0.2) is 0 Å². The molecule has 0 aliphatic heterocycles. The average Bonchev–Trinajstić information content (AvgIpc) is 2.59. The van der Waals surface area contributed by atoms with Gasteiger partial charge in [0.1, 0.15) is 5.75 Å². The van der Waals surface area contributed by atoms with Crippen LogP contribution in [0, 0.1) is 6.92 Å². The van der Waals surface area contributed by atoms with Crippen LogP contribution in [-0.4, -0.2) is 12.7 Å². The molecule has 0 radical (unpaired) electrons. The van der Waals surface area contributed by atoms with E-state index in [2.05, 4.69) is 58.9 Å². The van der Waals surface area contributed by atoms with Gasteiger partial charge in [-0.3, -0.25) is 0 Å². The van der Waals surface area contributed by atoms with Crippen molar-refractivity contribution >= 4 is 22.4 Å². The Morgan fingerprint density at radius 3 is 2.22 bits per heavy atom. The second-order valence-corrected chi connectivity index (χ2v) is 8.35. The number of hydrogen-bond acceptors (Lipinski definition) is 2. The third kappa shape index (κ3) is 4.12. The first-order chi connectivity index (χ1) is 12.7. The smallest absolute Gasteiger partial charge is 0.126 e. The van der Waals surface area contributed by atoms with Gasteiger partial charge in [0.25, 0.3) is 0 Å². The molecule has 0 aliphatic rings. The van der Waals surface area contributed by atoms with Gasteiger partial charge in [0, 0.05) is 10.4 Å². The van der Waals surface area contributed by atoms with E-state index in [1.54, 1.807) is 7.11 Å². The number of methoxy groups -OCH3 is 1. The Balaban J connectivity index is 2.35. The molecule has 0 unspecified atom stereocenters. The van der Waals surface area contributed by atoms with Crippen molar-refractivity contribution in [1.29, 1.82) is 0 Å². The summed E-state index contributed by atoms with van der Waals surface area (Å²) in [5, 5.41) is 2.99. The van der Waals surface area contributed by atoms with Crippen molar-refractivity contribution < 1.29 is 9.47 Å². The number of rotatable bonds is 4. The van der Waals surface area contributed by atoms with Crippen LogP contribution in [0.2, 0.25) is 5.02 Å². The topological polar surface area (TPSA) is 18.5 Å². The van der Waals surface area contributed by atoms with E-state index < -0.39 is 0 Å². The van der Waals surface area contributed by atoms with Gasteiger partial charge in [-0.25, -0.2) is 0 Å². The molecule has 3 aromatic rings. The molecule has 0 aliphatic carbocycles. The van der Waals surface area contributed by atoms with Crippen molar-refractivity contribution in [1.82, 2.24) is 0 Å². The van der Waals surface area contributed by atoms with Crippen molar-refractivity contribution in [2.24, 2.45) is 0 Å². The van der Waals surface area contributed by atoms with Crippen LogP contribution in [0.15, 0.2) is 48.5 Å². The summed E-state index contributed by atoms with van der Waals surface area (Å²) in [7, 11) is 1.71. The molecule has 3 heteroatoms. The van der Waals surface area contributed by atoms with E-state index in [-0.39, 0.29) is 11.7 Å². The van der Waals surface area contributed by atoms with Crippen molar-refractivity contribution in [3.8, 4) is 16.9 Å². The van der Waals surface area contributed by atoms with Gasteiger partial charge in [0.2, 0.25) is 0 Å². The SMILES string of the molecule is COc1cccc2c(-c3ccc(Cl)cc3)c([C@@H](C)OC(C)(C)C)c(C)cc12. The molecular formula is C24H27ClO2. The number of hydrogen-bond donors (Lipinski definition) is 0. The number of aryl methyl sites for hydroxylation is 1. The van der Waals surface area contributed by atoms with E-state index in [0.29, 0.717) is 0 Å². The highest BCUT2D eigenvalue weighted by molar-refractivity contribution is 6.30. The monoisotopic (exact) mass is 382 g/mol. The molecule has 142 valence electrons. The summed E-state index contributed by atoms with van der Waals surface area (Å²) >= 11 is 6.14. The Morgan fingerprint density at radius 2 is 1.63 bits per heavy atom. The van der Waals surface area contributed by atoms with Gasteiger partial charge in [-0.05, 0) is 86.5 Å². The first-order valence-electron chi connectivity index (χ1n) is 9.25. The Hall–Kier alpha value is -2.03. The number of benzene rings is 3. The van der Waals surface area contributed by atoms with Crippen LogP contribution in [-0.2, 0) is 4.74 Å². The van der Waals surface area contributed by atoms with Crippen molar-refractivity contribution in [2.75, 3.05) is 7.11 Å². The highest BCUT2D eigenvalue weighted by Crippen LogP contribution is 2.42. The van der Waals surface area contributed by atoms with Gasteiger partial charge in [-0.2, -0.15) is 0 Å². The van der Waals surface area contributed by atoms with E-state index in [1.165, 1.54) is 16.7 Å². The van der Waals surface area contributed by atoms with E-state index in [4.69, 9.17) is 21.1 Å². The summed E-state index contributed by atoms with van der Waals surface area (Å²) in [4.78, 5) is 0. The minimum atomic E-state index is -0.230. The second-order valence-electron chi connectivity index (χ2n) is 7.92. The summed E-state index contributed by atoms with van der Waals surface area (Å²) < 4.78 is 12.0. The molecule has 0 saturated heterocycles. The summed E-state index contributed by atoms with van der Waals surface area (Å²) in [5.74, 6) is 0.877. The van der Waals surface area contributed by atoms with Gasteiger partial charge in [-0.15, -0.1) is 0 Å². The summed E-state index contributed by atoms with van der Waals surface area (Å²) in [5.41, 5.74) is 4.46. The van der Waals surface area contributed by atoms with Crippen molar-refractivity contribution in [3.63, 3.8) is 0 Å². The van der Waals surface area contributed by atoms with Crippen LogP contribution < -0.4 is 4.74 Å². The first-order valence-corrected chi connectivity index (χ1v) is 9.63. The normalized spacial score (nSPS) is 13.0. The maximum atomic E-state index is 6.34. The van der Waals surface area contributed by atoms with Crippen molar-refractivity contribution in [2.45, 2.75) is 46.3 Å². The molecule has 2 nitrogen and oxygen atoms in total. The van der Waals surface area contributed by atoms with Crippen LogP contribution >= 0.6 is 11.6 Å². The highest BCUT2D eigenvalue weighted by atomic mass is 35.5. The zero-order chi connectivity index (χ0) is 19.8. The van der Waals surface area contributed by atoms with Gasteiger partial charge < -0.3 is 9.47 Å². The predicted octanol–water partition coefficient (Wildman–Crippen LogP) is 7.35. The maximum Gasteiger partial charge on any atom is 0.126 e. The molecule has 0 amide bonds. The Kier molecular flexibility index (Phi) is 5.50. The lowest BCUT2D eigenvalue weighted by Gasteiger charge is -2.29. The lowest BCUT2D eigenvalue weighted by atomic mass is 9.87. The summed E-state index contributed by atoms with van der Waals surface area (Å²) in [6, 6.07) is 16.4. The predicted molar refractivity (Wildman–Crippen MR) is 115 cm³/mol. The minimum absolute atomic E-state index is 0.0497. The lowest BCUT2D eigenvalue weighted by Crippen LogP contribution is -2.22. The molecular weight excluding hydrogens is 356 g/mol. The molecule has 0 heterocycles. The molecule has 27 heavy (non-hydrogen) atoms. The largest absolute Gasteiger partial charge is 0.496 e. The highest BCUT2D eigenvalue weighted by Gasteiger charge is 2.23. The molecule has 1 atom stereocenters. The fraction of sp³-hybridized carbons (Fsp3) is 0.333. The summed E-state index contributed by atoms with van der Waals surface area (Å²) in [6.45, 7) is 10.5. The fourth-order valence-electron chi connectivity index (χ4n) is 3.77. The molecule has 3 rings (SSSR count). The maximum absolute atomic E-state index is 6.34. The van der Waals surface area contributed by atoms with E-state index in [1.807, 2.05) is 24.3 Å². The van der Waals surface area contributed by atoms with Crippen LogP contribution in [0.3, 0.4) is 0 Å². The summed E-state index contributed by atoms with van der Waals surface area (Å²) in [6.07, 6.45) is -0.0497. The quantitative estimate of drug-likeness (QED) is 0.469. The molecule has 0 spiro atoms. The van der Waals surface area contributed by atoms with E-state index >= 15 is 0 Å². The third-order valence-corrected chi connectivity index (χ3v) is 4.93. The lowest BCUT2D eigenvalue weighted by molar-refractivity contribution is -0.0529. The average molecular weight is 383 g/mol. The van der Waals surface area contributed by atoms with E-state index in [9.17, 15) is 0 Å². The van der Waals surface area contributed by atoms with Crippen LogP contribution in [0.1, 0.15) is 44.9 Å². The molecule has 0 saturated carbocycles. The van der Waals surface area contributed by atoms with E-state index in [0.717, 1.165) is 27.1 Å². The molecule has 3 aromatic carbocycles. The van der Waals surface area contributed by atoms with Gasteiger partial charge in [-0.1, -0.05) is 35.9 Å². The zero-order valence-electron chi connectivity index (χ0n) is 16.9. The van der Waals surface area contributed by atoms with Crippen LogP contribution in [0.5, 0.6) is 5.75 Å². The Bertz CT molecular complexity index is 953. The zero-order valence-corrected chi connectivity index (χ0v) is 17.6. The number of fused-ring (bicyclic) bond motifs is 1. The van der Waals surface area contributed by atoms with Crippen molar-refractivity contribution in [3.05, 3.63) is 64.7 Å². The number of ether oxygens (including phenoxy) is 2. The van der Waals surface area contributed by atoms with Gasteiger partial charge in [0.05, 0.1) is 18.8 Å². The Morgan fingerprint density at radius 1 is 0.963 bits per heavy atom. The Labute approximate surface area is 167 Å². The molecule has 0 fully saturated rings. The third-order valence-electron chi connectivity index (χ3n) is 4.68. The molecule has 0 aromatic heterocycles. The first kappa shape index (κ1) is 19.7. The fourth-order valence-corrected chi connectivity index (χ4v) is 3.89. The number of halogens is 1. The van der Waals surface area contributed by atoms with Gasteiger partial charge >= 0.3 is 0 Å². The molecule has 0 N–H and O–H groups in total. The second kappa shape index (κ2) is 7.53. The minimum Gasteiger partial charge on any atom is -0.496 e.